The largest absolute Gasteiger partial charge is 0.497 e. The van der Waals surface area contributed by atoms with Crippen molar-refractivity contribution in [2.75, 3.05) is 32.2 Å². The van der Waals surface area contributed by atoms with Crippen molar-refractivity contribution in [3.05, 3.63) is 48.5 Å². The molecule has 0 saturated heterocycles. The molecule has 2 aromatic carbocycles. The Labute approximate surface area is 182 Å². The van der Waals surface area contributed by atoms with Gasteiger partial charge in [-0.25, -0.2) is 4.68 Å². The minimum Gasteiger partial charge on any atom is -0.497 e. The van der Waals surface area contributed by atoms with Crippen molar-refractivity contribution < 1.29 is 19.0 Å². The predicted molar refractivity (Wildman–Crippen MR) is 119 cm³/mol. The minimum absolute atomic E-state index is 0.0499. The number of aromatic nitrogens is 3. The Balaban J connectivity index is 1.95. The van der Waals surface area contributed by atoms with Crippen molar-refractivity contribution in [2.45, 2.75) is 20.8 Å². The molecule has 3 rings (SSSR count). The molecule has 164 valence electrons. The van der Waals surface area contributed by atoms with Crippen LogP contribution in [0.3, 0.4) is 0 Å². The van der Waals surface area contributed by atoms with Gasteiger partial charge in [-0.3, -0.25) is 4.79 Å². The normalized spacial score (nSPS) is 10.9. The van der Waals surface area contributed by atoms with Gasteiger partial charge in [-0.15, -0.1) is 5.10 Å². The first kappa shape index (κ1) is 22.3. The van der Waals surface area contributed by atoms with Crippen molar-refractivity contribution >= 4 is 11.6 Å². The van der Waals surface area contributed by atoms with Crippen LogP contribution in [0.2, 0.25) is 0 Å². The van der Waals surface area contributed by atoms with E-state index in [-0.39, 0.29) is 17.8 Å². The van der Waals surface area contributed by atoms with E-state index in [1.165, 1.54) is 0 Å². The number of hydrogen-bond donors (Lipinski definition) is 1. The summed E-state index contributed by atoms with van der Waals surface area (Å²) in [4.78, 5) is 16.7. The number of anilines is 1. The molecule has 0 saturated carbocycles. The van der Waals surface area contributed by atoms with Gasteiger partial charge < -0.3 is 19.5 Å². The molecule has 0 aliphatic heterocycles. The van der Waals surface area contributed by atoms with Crippen molar-refractivity contribution in [1.82, 2.24) is 14.8 Å². The SMILES string of the molecule is CCOCCOc1nc(-c2ccc(OC)cc2)n(-c2cccc(NC(=O)C(C)C)c2)n1. The molecule has 0 aliphatic rings. The lowest BCUT2D eigenvalue weighted by Crippen LogP contribution is -2.17. The van der Waals surface area contributed by atoms with Crippen molar-refractivity contribution in [3.63, 3.8) is 0 Å². The van der Waals surface area contributed by atoms with E-state index in [2.05, 4.69) is 15.4 Å². The van der Waals surface area contributed by atoms with E-state index >= 15 is 0 Å². The molecule has 31 heavy (non-hydrogen) atoms. The molecule has 1 heterocycles. The first-order chi connectivity index (χ1) is 15.0. The molecule has 0 radical (unpaired) electrons. The van der Waals surface area contributed by atoms with E-state index in [4.69, 9.17) is 14.2 Å². The maximum Gasteiger partial charge on any atom is 0.336 e. The number of hydrogen-bond acceptors (Lipinski definition) is 6. The molecule has 8 nitrogen and oxygen atoms in total. The van der Waals surface area contributed by atoms with Gasteiger partial charge in [-0.2, -0.15) is 4.98 Å². The summed E-state index contributed by atoms with van der Waals surface area (Å²) in [6, 6.07) is 15.3. The lowest BCUT2D eigenvalue weighted by Gasteiger charge is -2.10. The summed E-state index contributed by atoms with van der Waals surface area (Å²) in [5.74, 6) is 1.20. The molecular weight excluding hydrogens is 396 g/mol. The number of amides is 1. The number of ether oxygens (including phenoxy) is 3. The number of benzene rings is 2. The standard InChI is InChI=1S/C23H28N4O4/c1-5-30-13-14-31-23-25-21(17-9-11-20(29-4)12-10-17)27(26-23)19-8-6-7-18(15-19)24-22(28)16(2)3/h6-12,15-16H,5,13-14H2,1-4H3,(H,24,28). The van der Waals surface area contributed by atoms with E-state index in [0.29, 0.717) is 31.3 Å². The quantitative estimate of drug-likeness (QED) is 0.496. The maximum atomic E-state index is 12.1. The van der Waals surface area contributed by atoms with Crippen LogP contribution in [-0.4, -0.2) is 47.6 Å². The monoisotopic (exact) mass is 424 g/mol. The van der Waals surface area contributed by atoms with Gasteiger partial charge >= 0.3 is 6.01 Å². The second-order valence-electron chi connectivity index (χ2n) is 7.10. The highest BCUT2D eigenvalue weighted by atomic mass is 16.5. The van der Waals surface area contributed by atoms with Gasteiger partial charge in [0.1, 0.15) is 12.4 Å². The molecule has 1 amide bonds. The summed E-state index contributed by atoms with van der Waals surface area (Å²) in [6.45, 7) is 7.07. The van der Waals surface area contributed by atoms with Crippen LogP contribution in [0.1, 0.15) is 20.8 Å². The molecule has 0 atom stereocenters. The molecule has 0 fully saturated rings. The van der Waals surface area contributed by atoms with Crippen molar-refractivity contribution in [3.8, 4) is 28.8 Å². The van der Waals surface area contributed by atoms with E-state index < -0.39 is 0 Å². The summed E-state index contributed by atoms with van der Waals surface area (Å²) < 4.78 is 17.9. The first-order valence-electron chi connectivity index (χ1n) is 10.2. The number of rotatable bonds is 10. The zero-order chi connectivity index (χ0) is 22.2. The summed E-state index contributed by atoms with van der Waals surface area (Å²) in [7, 11) is 1.62. The Hall–Kier alpha value is -3.39. The van der Waals surface area contributed by atoms with Crippen molar-refractivity contribution in [2.24, 2.45) is 5.92 Å². The molecule has 0 unspecified atom stereocenters. The maximum absolute atomic E-state index is 12.1. The smallest absolute Gasteiger partial charge is 0.336 e. The average molecular weight is 425 g/mol. The Morgan fingerprint density at radius 1 is 1.13 bits per heavy atom. The van der Waals surface area contributed by atoms with E-state index in [9.17, 15) is 4.79 Å². The van der Waals surface area contributed by atoms with E-state index in [1.54, 1.807) is 11.8 Å². The third-order valence-electron chi connectivity index (χ3n) is 4.48. The van der Waals surface area contributed by atoms with Gasteiger partial charge in [0.25, 0.3) is 0 Å². The van der Waals surface area contributed by atoms with Gasteiger partial charge in [0, 0.05) is 23.8 Å². The Morgan fingerprint density at radius 2 is 1.90 bits per heavy atom. The van der Waals surface area contributed by atoms with E-state index in [1.807, 2.05) is 69.3 Å². The fourth-order valence-corrected chi connectivity index (χ4v) is 2.80. The number of methoxy groups -OCH3 is 1. The Kier molecular flexibility index (Phi) is 7.61. The van der Waals surface area contributed by atoms with Crippen LogP contribution in [0.5, 0.6) is 11.8 Å². The van der Waals surface area contributed by atoms with Gasteiger partial charge in [0.15, 0.2) is 5.82 Å². The van der Waals surface area contributed by atoms with Gasteiger partial charge in [-0.1, -0.05) is 19.9 Å². The molecule has 0 aliphatic carbocycles. The van der Waals surface area contributed by atoms with Crippen LogP contribution < -0.4 is 14.8 Å². The number of nitrogens with zero attached hydrogens (tertiary/aromatic N) is 3. The van der Waals surface area contributed by atoms with Crippen LogP contribution >= 0.6 is 0 Å². The highest BCUT2D eigenvalue weighted by Crippen LogP contribution is 2.26. The second kappa shape index (κ2) is 10.6. The van der Waals surface area contributed by atoms with Gasteiger partial charge in [0.05, 0.1) is 19.4 Å². The van der Waals surface area contributed by atoms with Crippen LogP contribution in [0.4, 0.5) is 5.69 Å². The summed E-state index contributed by atoms with van der Waals surface area (Å²) in [5, 5.41) is 7.45. The molecule has 3 aromatic rings. The molecular formula is C23H28N4O4. The predicted octanol–water partition coefficient (Wildman–Crippen LogP) is 3.95. The van der Waals surface area contributed by atoms with Crippen LogP contribution in [0.15, 0.2) is 48.5 Å². The Bertz CT molecular complexity index is 999. The summed E-state index contributed by atoms with van der Waals surface area (Å²) in [6.07, 6.45) is 0. The molecule has 1 aromatic heterocycles. The Morgan fingerprint density at radius 3 is 2.58 bits per heavy atom. The second-order valence-corrected chi connectivity index (χ2v) is 7.10. The minimum atomic E-state index is -0.116. The van der Waals surface area contributed by atoms with Crippen LogP contribution in [-0.2, 0) is 9.53 Å². The molecule has 1 N–H and O–H groups in total. The number of carbonyl (C=O) groups is 1. The third-order valence-corrected chi connectivity index (χ3v) is 4.48. The lowest BCUT2D eigenvalue weighted by molar-refractivity contribution is -0.118. The van der Waals surface area contributed by atoms with Gasteiger partial charge in [-0.05, 0) is 49.4 Å². The molecule has 0 spiro atoms. The zero-order valence-electron chi connectivity index (χ0n) is 18.3. The summed E-state index contributed by atoms with van der Waals surface area (Å²) in [5.41, 5.74) is 2.29. The van der Waals surface area contributed by atoms with Crippen LogP contribution in [0, 0.1) is 5.92 Å². The molecule has 8 heteroatoms. The zero-order valence-corrected chi connectivity index (χ0v) is 18.3. The van der Waals surface area contributed by atoms with Gasteiger partial charge in [0.2, 0.25) is 5.91 Å². The van der Waals surface area contributed by atoms with E-state index in [0.717, 1.165) is 17.0 Å². The fourth-order valence-electron chi connectivity index (χ4n) is 2.80. The highest BCUT2D eigenvalue weighted by Gasteiger charge is 2.16. The average Bonchev–Trinajstić information content (AvgIpc) is 3.21. The van der Waals surface area contributed by atoms with Crippen LogP contribution in [0.25, 0.3) is 17.1 Å². The van der Waals surface area contributed by atoms with Crippen molar-refractivity contribution in [1.29, 1.82) is 0 Å². The third kappa shape index (κ3) is 5.82. The lowest BCUT2D eigenvalue weighted by atomic mass is 10.2. The fraction of sp³-hybridized carbons (Fsp3) is 0.348. The number of carbonyl (C=O) groups excluding carboxylic acids is 1. The summed E-state index contributed by atoms with van der Waals surface area (Å²) >= 11 is 0. The highest BCUT2D eigenvalue weighted by molar-refractivity contribution is 5.92. The number of nitrogens with one attached hydrogen (secondary N) is 1. The topological polar surface area (TPSA) is 87.5 Å². The first-order valence-corrected chi connectivity index (χ1v) is 10.2. The molecule has 0 bridgehead atoms.